The molecule has 0 spiro atoms. The lowest BCUT2D eigenvalue weighted by atomic mass is 10.1. The van der Waals surface area contributed by atoms with Crippen LogP contribution in [0.3, 0.4) is 0 Å². The van der Waals surface area contributed by atoms with Gasteiger partial charge < -0.3 is 15.4 Å². The smallest absolute Gasteiger partial charge is 0.243 e. The fourth-order valence-electron chi connectivity index (χ4n) is 1.75. The van der Waals surface area contributed by atoms with Gasteiger partial charge >= 0.3 is 0 Å². The zero-order valence-corrected chi connectivity index (χ0v) is 10.7. The van der Waals surface area contributed by atoms with E-state index in [2.05, 4.69) is 4.90 Å². The van der Waals surface area contributed by atoms with E-state index in [9.17, 15) is 4.79 Å². The van der Waals surface area contributed by atoms with Gasteiger partial charge in [-0.2, -0.15) is 0 Å². The number of nitrogens with zero attached hydrogens (tertiary/aromatic N) is 1. The average Bonchev–Trinajstić information content (AvgIpc) is 2.32. The molecule has 1 heterocycles. The Labute approximate surface area is 99.1 Å². The average molecular weight is 230 g/mol. The maximum absolute atomic E-state index is 10.4. The fraction of sp³-hybridized carbons (Fsp3) is 0.917. The number of rotatable bonds is 6. The summed E-state index contributed by atoms with van der Waals surface area (Å²) in [6.07, 6.45) is 5.01. The van der Waals surface area contributed by atoms with E-state index in [1.807, 2.05) is 13.8 Å². The van der Waals surface area contributed by atoms with Crippen LogP contribution < -0.4 is 5.73 Å². The Balaban J connectivity index is 0.00000106. The highest BCUT2D eigenvalue weighted by atomic mass is 16.5. The van der Waals surface area contributed by atoms with E-state index >= 15 is 0 Å². The molecule has 1 aliphatic heterocycles. The second-order valence-electron chi connectivity index (χ2n) is 3.77. The Kier molecular flexibility index (Phi) is 10.5. The van der Waals surface area contributed by atoms with Crippen molar-refractivity contribution in [2.75, 3.05) is 32.8 Å². The molecular formula is C12H26N2O2. The molecule has 0 radical (unpaired) electrons. The lowest BCUT2D eigenvalue weighted by molar-refractivity contribution is -0.122. The molecule has 0 aromatic rings. The molecule has 1 amide bonds. The van der Waals surface area contributed by atoms with Gasteiger partial charge in [0.15, 0.2) is 0 Å². The number of hydrogen-bond acceptors (Lipinski definition) is 3. The summed E-state index contributed by atoms with van der Waals surface area (Å²) in [5, 5.41) is 0. The van der Waals surface area contributed by atoms with Crippen molar-refractivity contribution in [1.29, 1.82) is 0 Å². The van der Waals surface area contributed by atoms with Gasteiger partial charge in [0.1, 0.15) is 6.61 Å². The van der Waals surface area contributed by atoms with Crippen molar-refractivity contribution >= 4 is 5.91 Å². The molecule has 0 atom stereocenters. The zero-order valence-electron chi connectivity index (χ0n) is 10.7. The van der Waals surface area contributed by atoms with Crippen LogP contribution in [0.5, 0.6) is 0 Å². The number of carbonyl (C=O) groups excluding carboxylic acids is 1. The number of nitrogens with two attached hydrogens (primary N) is 1. The maximum Gasteiger partial charge on any atom is 0.243 e. The molecule has 2 N–H and O–H groups in total. The third-order valence-electron chi connectivity index (χ3n) is 2.46. The summed E-state index contributed by atoms with van der Waals surface area (Å²) < 4.78 is 5.08. The first-order chi connectivity index (χ1) is 7.79. The summed E-state index contributed by atoms with van der Waals surface area (Å²) in [6.45, 7) is 8.21. The predicted octanol–water partition coefficient (Wildman–Crippen LogP) is 1.39. The third-order valence-corrected chi connectivity index (χ3v) is 2.46. The summed E-state index contributed by atoms with van der Waals surface area (Å²) >= 11 is 0. The quantitative estimate of drug-likeness (QED) is 0.702. The largest absolute Gasteiger partial charge is 0.372 e. The van der Waals surface area contributed by atoms with Crippen molar-refractivity contribution in [3.8, 4) is 0 Å². The topological polar surface area (TPSA) is 55.6 Å². The van der Waals surface area contributed by atoms with Crippen LogP contribution in [0.15, 0.2) is 0 Å². The Bertz CT molecular complexity index is 168. The lowest BCUT2D eigenvalue weighted by Crippen LogP contribution is -2.31. The first-order valence-corrected chi connectivity index (χ1v) is 6.37. The van der Waals surface area contributed by atoms with Crippen LogP contribution in [0, 0.1) is 0 Å². The van der Waals surface area contributed by atoms with Crippen molar-refractivity contribution in [1.82, 2.24) is 4.90 Å². The number of piperidine rings is 1. The van der Waals surface area contributed by atoms with Crippen LogP contribution in [-0.4, -0.2) is 43.7 Å². The Hall–Kier alpha value is -0.610. The highest BCUT2D eigenvalue weighted by Gasteiger charge is 2.08. The number of primary amides is 1. The van der Waals surface area contributed by atoms with Crippen LogP contribution in [0.4, 0.5) is 0 Å². The van der Waals surface area contributed by atoms with E-state index in [-0.39, 0.29) is 12.5 Å². The highest BCUT2D eigenvalue weighted by molar-refractivity contribution is 5.74. The minimum Gasteiger partial charge on any atom is -0.372 e. The van der Waals surface area contributed by atoms with E-state index in [1.165, 1.54) is 32.4 Å². The highest BCUT2D eigenvalue weighted by Crippen LogP contribution is 2.08. The van der Waals surface area contributed by atoms with Crippen molar-refractivity contribution in [2.24, 2.45) is 5.73 Å². The van der Waals surface area contributed by atoms with Crippen molar-refractivity contribution in [2.45, 2.75) is 39.5 Å². The van der Waals surface area contributed by atoms with Gasteiger partial charge in [0.05, 0.1) is 0 Å². The number of carbonyl (C=O) groups is 1. The Morgan fingerprint density at radius 3 is 2.44 bits per heavy atom. The molecule has 1 rings (SSSR count). The zero-order chi connectivity index (χ0) is 12.2. The fourth-order valence-corrected chi connectivity index (χ4v) is 1.75. The molecule has 0 aliphatic carbocycles. The standard InChI is InChI=1S/C10H20N2O2.C2H6/c11-10(13)9-14-8-4-7-12-5-2-1-3-6-12;1-2/h1-9H2,(H2,11,13);1-2H3. The van der Waals surface area contributed by atoms with E-state index in [0.717, 1.165) is 13.0 Å². The van der Waals surface area contributed by atoms with Gasteiger partial charge in [0, 0.05) is 13.2 Å². The van der Waals surface area contributed by atoms with Crippen LogP contribution in [-0.2, 0) is 9.53 Å². The molecule has 0 aromatic heterocycles. The molecule has 0 unspecified atom stereocenters. The van der Waals surface area contributed by atoms with Crippen LogP contribution in [0.2, 0.25) is 0 Å². The second-order valence-corrected chi connectivity index (χ2v) is 3.77. The molecule has 0 aromatic carbocycles. The molecule has 1 saturated heterocycles. The summed E-state index contributed by atoms with van der Waals surface area (Å²) in [5.41, 5.74) is 4.94. The van der Waals surface area contributed by atoms with E-state index in [4.69, 9.17) is 10.5 Å². The molecular weight excluding hydrogens is 204 g/mol. The second kappa shape index (κ2) is 10.9. The van der Waals surface area contributed by atoms with Gasteiger partial charge in [0.25, 0.3) is 0 Å². The molecule has 4 nitrogen and oxygen atoms in total. The monoisotopic (exact) mass is 230 g/mol. The lowest BCUT2D eigenvalue weighted by Gasteiger charge is -2.26. The number of likely N-dealkylation sites (tertiary alicyclic amines) is 1. The predicted molar refractivity (Wildman–Crippen MR) is 66.3 cm³/mol. The first-order valence-electron chi connectivity index (χ1n) is 6.37. The molecule has 1 fully saturated rings. The molecule has 0 bridgehead atoms. The summed E-state index contributed by atoms with van der Waals surface area (Å²) in [5.74, 6) is -0.386. The van der Waals surface area contributed by atoms with Gasteiger partial charge in [-0.3, -0.25) is 4.79 Å². The molecule has 4 heteroatoms. The van der Waals surface area contributed by atoms with E-state index in [0.29, 0.717) is 6.61 Å². The molecule has 96 valence electrons. The summed E-state index contributed by atoms with van der Waals surface area (Å²) in [6, 6.07) is 0. The van der Waals surface area contributed by atoms with Gasteiger partial charge in [0.2, 0.25) is 5.91 Å². The van der Waals surface area contributed by atoms with E-state index in [1.54, 1.807) is 0 Å². The van der Waals surface area contributed by atoms with Crippen molar-refractivity contribution < 1.29 is 9.53 Å². The Morgan fingerprint density at radius 2 is 1.88 bits per heavy atom. The van der Waals surface area contributed by atoms with Gasteiger partial charge in [-0.1, -0.05) is 20.3 Å². The van der Waals surface area contributed by atoms with Crippen LogP contribution >= 0.6 is 0 Å². The minimum absolute atomic E-state index is 0.0556. The van der Waals surface area contributed by atoms with Gasteiger partial charge in [-0.15, -0.1) is 0 Å². The van der Waals surface area contributed by atoms with E-state index < -0.39 is 0 Å². The first kappa shape index (κ1) is 15.4. The normalized spacial score (nSPS) is 16.4. The molecule has 16 heavy (non-hydrogen) atoms. The summed E-state index contributed by atoms with van der Waals surface area (Å²) in [4.78, 5) is 12.8. The number of ether oxygens (including phenoxy) is 1. The summed E-state index contributed by atoms with van der Waals surface area (Å²) in [7, 11) is 0. The maximum atomic E-state index is 10.4. The number of hydrogen-bond donors (Lipinski definition) is 1. The molecule has 1 aliphatic rings. The van der Waals surface area contributed by atoms with Crippen LogP contribution in [0.1, 0.15) is 39.5 Å². The van der Waals surface area contributed by atoms with Gasteiger partial charge in [-0.25, -0.2) is 0 Å². The SMILES string of the molecule is CC.NC(=O)COCCCN1CCCCC1. The number of amides is 1. The molecule has 0 saturated carbocycles. The van der Waals surface area contributed by atoms with Crippen LogP contribution in [0.25, 0.3) is 0 Å². The minimum atomic E-state index is -0.386. The van der Waals surface area contributed by atoms with Crippen molar-refractivity contribution in [3.05, 3.63) is 0 Å². The third kappa shape index (κ3) is 8.68. The Morgan fingerprint density at radius 1 is 1.25 bits per heavy atom. The van der Waals surface area contributed by atoms with Gasteiger partial charge in [-0.05, 0) is 32.4 Å². The van der Waals surface area contributed by atoms with Crippen molar-refractivity contribution in [3.63, 3.8) is 0 Å².